The predicted octanol–water partition coefficient (Wildman–Crippen LogP) is 2.27. The molecule has 1 aliphatic rings. The van der Waals surface area contributed by atoms with Crippen LogP contribution in [0.1, 0.15) is 30.1 Å². The Morgan fingerprint density at radius 3 is 2.91 bits per heavy atom. The molecule has 0 bridgehead atoms. The Hall–Kier alpha value is -1.43. The highest BCUT2D eigenvalue weighted by Crippen LogP contribution is 2.13. The second-order valence-corrected chi connectivity index (χ2v) is 5.63. The maximum atomic E-state index is 5.39. The number of likely N-dealkylation sites (tertiary alicyclic amines) is 1. The molecule has 0 amide bonds. The number of rotatable bonds is 5. The van der Waals surface area contributed by atoms with E-state index in [1.807, 2.05) is 25.2 Å². The summed E-state index contributed by atoms with van der Waals surface area (Å²) in [5.41, 5.74) is 1.21. The number of hydrogen-bond acceptors (Lipinski definition) is 5. The second kappa shape index (κ2) is 8.27. The Labute approximate surface area is 137 Å². The van der Waals surface area contributed by atoms with E-state index in [1.54, 1.807) is 0 Å². The summed E-state index contributed by atoms with van der Waals surface area (Å²) in [5, 5.41) is 7.44. The fourth-order valence-electron chi connectivity index (χ4n) is 2.83. The van der Waals surface area contributed by atoms with Gasteiger partial charge in [-0.1, -0.05) is 35.5 Å². The monoisotopic (exact) mass is 322 g/mol. The van der Waals surface area contributed by atoms with Crippen molar-refractivity contribution in [2.24, 2.45) is 0 Å². The number of nitrogens with zero attached hydrogens (tertiary/aromatic N) is 3. The van der Waals surface area contributed by atoms with E-state index < -0.39 is 0 Å². The molecule has 1 unspecified atom stereocenters. The molecule has 22 heavy (non-hydrogen) atoms. The maximum absolute atomic E-state index is 5.39. The van der Waals surface area contributed by atoms with Gasteiger partial charge in [0.25, 0.3) is 0 Å². The van der Waals surface area contributed by atoms with Crippen LogP contribution in [0.15, 0.2) is 34.9 Å². The summed E-state index contributed by atoms with van der Waals surface area (Å²) in [6.07, 6.45) is 3.19. The SMILES string of the molecule is CNC1CCCN(Cc2nc(Cc3ccccc3)no2)C1.Cl. The minimum atomic E-state index is 0. The molecule has 1 N–H and O–H groups in total. The van der Waals surface area contributed by atoms with Gasteiger partial charge in [0.1, 0.15) is 0 Å². The third-order valence-electron chi connectivity index (χ3n) is 3.99. The van der Waals surface area contributed by atoms with Gasteiger partial charge in [-0.25, -0.2) is 0 Å². The topological polar surface area (TPSA) is 54.2 Å². The smallest absolute Gasteiger partial charge is 0.240 e. The van der Waals surface area contributed by atoms with Crippen LogP contribution in [0.4, 0.5) is 0 Å². The lowest BCUT2D eigenvalue weighted by molar-refractivity contribution is 0.167. The van der Waals surface area contributed by atoms with Crippen LogP contribution in [0.25, 0.3) is 0 Å². The van der Waals surface area contributed by atoms with Crippen LogP contribution < -0.4 is 5.32 Å². The highest BCUT2D eigenvalue weighted by molar-refractivity contribution is 5.85. The van der Waals surface area contributed by atoms with Crippen LogP contribution in [0.2, 0.25) is 0 Å². The van der Waals surface area contributed by atoms with Gasteiger partial charge < -0.3 is 9.84 Å². The summed E-state index contributed by atoms with van der Waals surface area (Å²) in [6, 6.07) is 10.8. The first-order valence-electron chi connectivity index (χ1n) is 7.58. The van der Waals surface area contributed by atoms with Crippen molar-refractivity contribution in [3.05, 3.63) is 47.6 Å². The Morgan fingerprint density at radius 2 is 2.14 bits per heavy atom. The standard InChI is InChI=1S/C16H22N4O.ClH/c1-17-14-8-5-9-20(11-14)12-16-18-15(19-21-16)10-13-6-3-2-4-7-13;/h2-4,6-7,14,17H,5,8-12H2,1H3;1H. The van der Waals surface area contributed by atoms with Gasteiger partial charge in [-0.05, 0) is 32.0 Å². The van der Waals surface area contributed by atoms with Gasteiger partial charge in [-0.15, -0.1) is 12.4 Å². The molecule has 1 aromatic heterocycles. The minimum Gasteiger partial charge on any atom is -0.338 e. The zero-order chi connectivity index (χ0) is 14.5. The van der Waals surface area contributed by atoms with E-state index in [0.717, 1.165) is 37.8 Å². The molecule has 1 aromatic carbocycles. The van der Waals surface area contributed by atoms with E-state index >= 15 is 0 Å². The van der Waals surface area contributed by atoms with E-state index in [2.05, 4.69) is 32.5 Å². The molecule has 2 aromatic rings. The van der Waals surface area contributed by atoms with Crippen LogP contribution in [0.5, 0.6) is 0 Å². The molecule has 0 saturated carbocycles. The van der Waals surface area contributed by atoms with E-state index in [0.29, 0.717) is 6.04 Å². The molecule has 3 rings (SSSR count). The largest absolute Gasteiger partial charge is 0.338 e. The molecule has 2 heterocycles. The number of hydrogen-bond donors (Lipinski definition) is 1. The Morgan fingerprint density at radius 1 is 1.32 bits per heavy atom. The fourth-order valence-corrected chi connectivity index (χ4v) is 2.83. The van der Waals surface area contributed by atoms with Gasteiger partial charge in [0.05, 0.1) is 6.54 Å². The lowest BCUT2D eigenvalue weighted by Crippen LogP contribution is -2.43. The van der Waals surface area contributed by atoms with Crippen molar-refractivity contribution in [3.8, 4) is 0 Å². The van der Waals surface area contributed by atoms with Gasteiger partial charge in [-0.3, -0.25) is 4.90 Å². The van der Waals surface area contributed by atoms with Crippen molar-refractivity contribution in [2.75, 3.05) is 20.1 Å². The number of aromatic nitrogens is 2. The van der Waals surface area contributed by atoms with Crippen molar-refractivity contribution in [1.82, 2.24) is 20.4 Å². The Balaban J connectivity index is 0.00000176. The van der Waals surface area contributed by atoms with E-state index in [9.17, 15) is 0 Å². The summed E-state index contributed by atoms with van der Waals surface area (Å²) >= 11 is 0. The first-order chi connectivity index (χ1) is 10.3. The number of piperidine rings is 1. The average molecular weight is 323 g/mol. The molecule has 1 atom stereocenters. The first kappa shape index (κ1) is 16.9. The highest BCUT2D eigenvalue weighted by Gasteiger charge is 2.20. The molecule has 1 fully saturated rings. The van der Waals surface area contributed by atoms with E-state index in [-0.39, 0.29) is 12.4 Å². The van der Waals surface area contributed by atoms with E-state index in [4.69, 9.17) is 4.52 Å². The van der Waals surface area contributed by atoms with Crippen LogP contribution in [0.3, 0.4) is 0 Å². The molecule has 120 valence electrons. The summed E-state index contributed by atoms with van der Waals surface area (Å²) in [7, 11) is 2.03. The number of benzene rings is 1. The second-order valence-electron chi connectivity index (χ2n) is 5.63. The number of likely N-dealkylation sites (N-methyl/N-ethyl adjacent to an activating group) is 1. The van der Waals surface area contributed by atoms with E-state index in [1.165, 1.54) is 18.4 Å². The lowest BCUT2D eigenvalue weighted by Gasteiger charge is -2.31. The fraction of sp³-hybridized carbons (Fsp3) is 0.500. The first-order valence-corrected chi connectivity index (χ1v) is 7.58. The van der Waals surface area contributed by atoms with Gasteiger partial charge >= 0.3 is 0 Å². The van der Waals surface area contributed by atoms with Crippen molar-refractivity contribution in [2.45, 2.75) is 31.8 Å². The molecule has 0 aliphatic carbocycles. The molecular weight excluding hydrogens is 300 g/mol. The third-order valence-corrected chi connectivity index (χ3v) is 3.99. The normalized spacial score (nSPS) is 18.9. The average Bonchev–Trinajstić information content (AvgIpc) is 2.95. The van der Waals surface area contributed by atoms with Gasteiger partial charge in [0, 0.05) is 19.0 Å². The molecule has 1 saturated heterocycles. The van der Waals surface area contributed by atoms with Crippen LogP contribution in [-0.2, 0) is 13.0 Å². The zero-order valence-electron chi connectivity index (χ0n) is 12.9. The summed E-state index contributed by atoms with van der Waals surface area (Å²) < 4.78 is 5.39. The summed E-state index contributed by atoms with van der Waals surface area (Å²) in [5.74, 6) is 1.48. The highest BCUT2D eigenvalue weighted by atomic mass is 35.5. The molecule has 0 spiro atoms. The van der Waals surface area contributed by atoms with Crippen molar-refractivity contribution in [1.29, 1.82) is 0 Å². The van der Waals surface area contributed by atoms with Crippen LogP contribution in [0, 0.1) is 0 Å². The van der Waals surface area contributed by atoms with Gasteiger partial charge in [-0.2, -0.15) is 4.98 Å². The zero-order valence-corrected chi connectivity index (χ0v) is 13.7. The summed E-state index contributed by atoms with van der Waals surface area (Å²) in [6.45, 7) is 2.90. The molecule has 6 heteroatoms. The van der Waals surface area contributed by atoms with Gasteiger partial charge in [0.15, 0.2) is 5.82 Å². The number of nitrogens with one attached hydrogen (secondary N) is 1. The maximum Gasteiger partial charge on any atom is 0.240 e. The Kier molecular flexibility index (Phi) is 6.36. The Bertz CT molecular complexity index is 560. The lowest BCUT2D eigenvalue weighted by atomic mass is 10.1. The van der Waals surface area contributed by atoms with Crippen LogP contribution in [-0.4, -0.2) is 41.2 Å². The minimum absolute atomic E-state index is 0. The quantitative estimate of drug-likeness (QED) is 0.915. The van der Waals surface area contributed by atoms with Crippen molar-refractivity contribution in [3.63, 3.8) is 0 Å². The molecule has 1 aliphatic heterocycles. The van der Waals surface area contributed by atoms with Gasteiger partial charge in [0.2, 0.25) is 5.89 Å². The third kappa shape index (κ3) is 4.53. The molecular formula is C16H23ClN4O. The molecule has 0 radical (unpaired) electrons. The van der Waals surface area contributed by atoms with Crippen molar-refractivity contribution < 1.29 is 4.52 Å². The predicted molar refractivity (Wildman–Crippen MR) is 88.2 cm³/mol. The number of halogens is 1. The molecule has 5 nitrogen and oxygen atoms in total. The van der Waals surface area contributed by atoms with Crippen molar-refractivity contribution >= 4 is 12.4 Å². The van der Waals surface area contributed by atoms with Crippen LogP contribution >= 0.6 is 12.4 Å². The summed E-state index contributed by atoms with van der Waals surface area (Å²) in [4.78, 5) is 6.89.